The maximum absolute atomic E-state index is 11.4. The van der Waals surface area contributed by atoms with E-state index in [1.807, 2.05) is 24.7 Å². The fourth-order valence-electron chi connectivity index (χ4n) is 1.50. The van der Waals surface area contributed by atoms with Crippen LogP contribution in [-0.2, 0) is 11.3 Å². The largest absolute Gasteiger partial charge is 0.299 e. The molecular formula is C13H22N2O. The standard InChI is InChI=1S/C13H22N2O/c1-10(2)12-8-14-15(9-12)7-5-6-13(16)11(3)4/h8-11H,5-7H2,1-4H3. The van der Waals surface area contributed by atoms with Crippen molar-refractivity contribution < 1.29 is 4.79 Å². The van der Waals surface area contributed by atoms with Crippen molar-refractivity contribution in [3.63, 3.8) is 0 Å². The van der Waals surface area contributed by atoms with Gasteiger partial charge in [0.2, 0.25) is 0 Å². The number of rotatable bonds is 6. The van der Waals surface area contributed by atoms with Gasteiger partial charge in [0.1, 0.15) is 5.78 Å². The fraction of sp³-hybridized carbons (Fsp3) is 0.692. The van der Waals surface area contributed by atoms with Gasteiger partial charge in [-0.1, -0.05) is 27.7 Å². The minimum absolute atomic E-state index is 0.156. The van der Waals surface area contributed by atoms with E-state index in [0.717, 1.165) is 13.0 Å². The molecule has 1 heterocycles. The second-order valence-corrected chi connectivity index (χ2v) is 4.92. The molecule has 0 aliphatic carbocycles. The number of aromatic nitrogens is 2. The molecule has 0 saturated carbocycles. The molecule has 3 heteroatoms. The topological polar surface area (TPSA) is 34.9 Å². The summed E-state index contributed by atoms with van der Waals surface area (Å²) in [5, 5.41) is 4.28. The van der Waals surface area contributed by atoms with E-state index in [-0.39, 0.29) is 5.92 Å². The van der Waals surface area contributed by atoms with Gasteiger partial charge in [-0.15, -0.1) is 0 Å². The number of carbonyl (C=O) groups is 1. The molecule has 0 aromatic carbocycles. The van der Waals surface area contributed by atoms with Crippen LogP contribution in [0.1, 0.15) is 52.0 Å². The van der Waals surface area contributed by atoms with Gasteiger partial charge in [0, 0.05) is 25.1 Å². The fourth-order valence-corrected chi connectivity index (χ4v) is 1.50. The lowest BCUT2D eigenvalue weighted by Gasteiger charge is -2.04. The Morgan fingerprint density at radius 3 is 2.56 bits per heavy atom. The number of Topliss-reactive ketones (excluding diaryl/α,β-unsaturated/α-hetero) is 1. The van der Waals surface area contributed by atoms with Crippen LogP contribution in [0.5, 0.6) is 0 Å². The summed E-state index contributed by atoms with van der Waals surface area (Å²) in [4.78, 5) is 11.4. The summed E-state index contributed by atoms with van der Waals surface area (Å²) in [5.74, 6) is 1.02. The van der Waals surface area contributed by atoms with Crippen molar-refractivity contribution in [3.8, 4) is 0 Å². The number of hydrogen-bond acceptors (Lipinski definition) is 2. The second-order valence-electron chi connectivity index (χ2n) is 4.92. The number of ketones is 1. The van der Waals surface area contributed by atoms with Crippen LogP contribution in [0.4, 0.5) is 0 Å². The molecule has 0 aliphatic heterocycles. The molecule has 0 radical (unpaired) electrons. The van der Waals surface area contributed by atoms with Gasteiger partial charge in [-0.25, -0.2) is 0 Å². The number of carbonyl (C=O) groups excluding carboxylic acids is 1. The molecule has 1 aromatic rings. The van der Waals surface area contributed by atoms with Gasteiger partial charge in [-0.05, 0) is 17.9 Å². The Labute approximate surface area is 97.8 Å². The second kappa shape index (κ2) is 5.83. The Bertz CT molecular complexity index is 339. The highest BCUT2D eigenvalue weighted by atomic mass is 16.1. The van der Waals surface area contributed by atoms with Gasteiger partial charge in [0.25, 0.3) is 0 Å². The summed E-state index contributed by atoms with van der Waals surface area (Å²) < 4.78 is 1.93. The first kappa shape index (κ1) is 12.9. The van der Waals surface area contributed by atoms with E-state index in [1.165, 1.54) is 5.56 Å². The van der Waals surface area contributed by atoms with E-state index in [9.17, 15) is 4.79 Å². The van der Waals surface area contributed by atoms with Crippen molar-refractivity contribution in [1.82, 2.24) is 9.78 Å². The predicted molar refractivity (Wildman–Crippen MR) is 65.4 cm³/mol. The summed E-state index contributed by atoms with van der Waals surface area (Å²) >= 11 is 0. The van der Waals surface area contributed by atoms with E-state index >= 15 is 0 Å². The van der Waals surface area contributed by atoms with Gasteiger partial charge in [0.05, 0.1) is 6.20 Å². The third kappa shape index (κ3) is 3.80. The van der Waals surface area contributed by atoms with Gasteiger partial charge in [0.15, 0.2) is 0 Å². The van der Waals surface area contributed by atoms with E-state index in [0.29, 0.717) is 18.1 Å². The third-order valence-electron chi connectivity index (χ3n) is 2.77. The molecule has 0 spiro atoms. The van der Waals surface area contributed by atoms with Gasteiger partial charge < -0.3 is 0 Å². The van der Waals surface area contributed by atoms with Crippen molar-refractivity contribution in [2.45, 2.75) is 53.0 Å². The molecule has 0 unspecified atom stereocenters. The van der Waals surface area contributed by atoms with E-state index < -0.39 is 0 Å². The molecule has 0 N–H and O–H groups in total. The van der Waals surface area contributed by atoms with Gasteiger partial charge in [-0.2, -0.15) is 5.10 Å². The number of nitrogens with zero attached hydrogens (tertiary/aromatic N) is 2. The van der Waals surface area contributed by atoms with Crippen molar-refractivity contribution in [1.29, 1.82) is 0 Å². The smallest absolute Gasteiger partial charge is 0.135 e. The molecule has 90 valence electrons. The van der Waals surface area contributed by atoms with Crippen molar-refractivity contribution in [2.24, 2.45) is 5.92 Å². The Hall–Kier alpha value is -1.12. The highest BCUT2D eigenvalue weighted by molar-refractivity contribution is 5.80. The van der Waals surface area contributed by atoms with Crippen LogP contribution < -0.4 is 0 Å². The lowest BCUT2D eigenvalue weighted by atomic mass is 10.0. The summed E-state index contributed by atoms with van der Waals surface area (Å²) in [7, 11) is 0. The van der Waals surface area contributed by atoms with Crippen LogP contribution in [0.3, 0.4) is 0 Å². The molecule has 1 aromatic heterocycles. The van der Waals surface area contributed by atoms with E-state index in [4.69, 9.17) is 0 Å². The molecule has 0 fully saturated rings. The Balaban J connectivity index is 2.35. The first-order valence-electron chi connectivity index (χ1n) is 6.05. The average molecular weight is 222 g/mol. The predicted octanol–water partition coefficient (Wildman–Crippen LogP) is 3.01. The zero-order valence-corrected chi connectivity index (χ0v) is 10.7. The van der Waals surface area contributed by atoms with Crippen LogP contribution in [0.25, 0.3) is 0 Å². The van der Waals surface area contributed by atoms with Crippen molar-refractivity contribution in [3.05, 3.63) is 18.0 Å². The number of hydrogen-bond donors (Lipinski definition) is 0. The molecule has 0 bridgehead atoms. The highest BCUT2D eigenvalue weighted by Crippen LogP contribution is 2.12. The Morgan fingerprint density at radius 2 is 2.06 bits per heavy atom. The monoisotopic (exact) mass is 222 g/mol. The Morgan fingerprint density at radius 1 is 1.38 bits per heavy atom. The quantitative estimate of drug-likeness (QED) is 0.741. The van der Waals surface area contributed by atoms with Gasteiger partial charge in [-0.3, -0.25) is 9.48 Å². The normalized spacial score (nSPS) is 11.4. The molecule has 0 atom stereocenters. The van der Waals surface area contributed by atoms with Crippen molar-refractivity contribution in [2.75, 3.05) is 0 Å². The molecule has 0 amide bonds. The number of aryl methyl sites for hydroxylation is 1. The average Bonchev–Trinajstić information content (AvgIpc) is 2.66. The molecular weight excluding hydrogens is 200 g/mol. The lowest BCUT2D eigenvalue weighted by molar-refractivity contribution is -0.122. The van der Waals surface area contributed by atoms with Crippen LogP contribution in [0, 0.1) is 5.92 Å². The third-order valence-corrected chi connectivity index (χ3v) is 2.77. The zero-order valence-electron chi connectivity index (χ0n) is 10.7. The molecule has 1 rings (SSSR count). The van der Waals surface area contributed by atoms with Crippen LogP contribution in [0.15, 0.2) is 12.4 Å². The summed E-state index contributed by atoms with van der Waals surface area (Å²) in [6, 6.07) is 0. The van der Waals surface area contributed by atoms with Crippen LogP contribution in [0.2, 0.25) is 0 Å². The molecule has 16 heavy (non-hydrogen) atoms. The molecule has 0 aliphatic rings. The first-order valence-corrected chi connectivity index (χ1v) is 6.05. The van der Waals surface area contributed by atoms with Gasteiger partial charge >= 0.3 is 0 Å². The van der Waals surface area contributed by atoms with Crippen LogP contribution in [-0.4, -0.2) is 15.6 Å². The minimum Gasteiger partial charge on any atom is -0.299 e. The summed E-state index contributed by atoms with van der Waals surface area (Å²) in [6.07, 6.45) is 5.53. The molecule has 3 nitrogen and oxygen atoms in total. The summed E-state index contributed by atoms with van der Waals surface area (Å²) in [5.41, 5.74) is 1.26. The van der Waals surface area contributed by atoms with E-state index in [1.54, 1.807) is 0 Å². The van der Waals surface area contributed by atoms with Crippen LogP contribution >= 0.6 is 0 Å². The molecule has 0 saturated heterocycles. The zero-order chi connectivity index (χ0) is 12.1. The minimum atomic E-state index is 0.156. The van der Waals surface area contributed by atoms with E-state index in [2.05, 4.69) is 25.1 Å². The summed E-state index contributed by atoms with van der Waals surface area (Å²) in [6.45, 7) is 9.05. The maximum atomic E-state index is 11.4. The lowest BCUT2D eigenvalue weighted by Crippen LogP contribution is -2.08. The Kier molecular flexibility index (Phi) is 4.71. The SMILES string of the molecule is CC(C)C(=O)CCCn1cc(C(C)C)cn1. The van der Waals surface area contributed by atoms with Crippen molar-refractivity contribution >= 4 is 5.78 Å². The first-order chi connectivity index (χ1) is 7.50. The highest BCUT2D eigenvalue weighted by Gasteiger charge is 2.07. The maximum Gasteiger partial charge on any atom is 0.135 e.